The lowest BCUT2D eigenvalue weighted by Crippen LogP contribution is -2.35. The van der Waals surface area contributed by atoms with Crippen LogP contribution in [0, 0.1) is 5.92 Å². The fourth-order valence-corrected chi connectivity index (χ4v) is 2.17. The number of benzene rings is 1. The molecule has 1 unspecified atom stereocenters. The maximum absolute atomic E-state index is 8.76. The van der Waals surface area contributed by atoms with Gasteiger partial charge in [0.2, 0.25) is 0 Å². The van der Waals surface area contributed by atoms with Crippen molar-refractivity contribution in [2.75, 3.05) is 18.0 Å². The minimum atomic E-state index is -0.0492. The van der Waals surface area contributed by atoms with Crippen molar-refractivity contribution < 1.29 is 5.21 Å². The van der Waals surface area contributed by atoms with Crippen LogP contribution in [0.15, 0.2) is 35.6 Å². The molecule has 1 aromatic heterocycles. The number of anilines is 1. The second kappa shape index (κ2) is 6.18. The molecular formula is C14H19N5O. The monoisotopic (exact) mass is 273 g/mol. The van der Waals surface area contributed by atoms with Crippen LogP contribution in [0.4, 0.5) is 5.69 Å². The molecule has 0 bridgehead atoms. The van der Waals surface area contributed by atoms with Crippen LogP contribution in [0.5, 0.6) is 0 Å². The molecule has 0 saturated heterocycles. The summed E-state index contributed by atoms with van der Waals surface area (Å²) < 4.78 is 0. The normalized spacial score (nSPS) is 13.4. The van der Waals surface area contributed by atoms with Crippen LogP contribution in [-0.4, -0.2) is 34.3 Å². The van der Waals surface area contributed by atoms with Crippen molar-refractivity contribution in [1.82, 2.24) is 10.2 Å². The number of amidine groups is 1. The highest BCUT2D eigenvalue weighted by Crippen LogP contribution is 2.24. The Morgan fingerprint density at radius 1 is 1.45 bits per heavy atom. The first-order valence-corrected chi connectivity index (χ1v) is 6.60. The zero-order chi connectivity index (χ0) is 14.5. The molecule has 20 heavy (non-hydrogen) atoms. The number of rotatable bonds is 5. The number of nitrogens with zero attached hydrogens (tertiary/aromatic N) is 4. The summed E-state index contributed by atoms with van der Waals surface area (Å²) in [5.41, 5.74) is 7.53. The Hall–Kier alpha value is -2.37. The molecule has 106 valence electrons. The number of fused-ring (bicyclic) bond motifs is 1. The van der Waals surface area contributed by atoms with Crippen LogP contribution in [-0.2, 0) is 0 Å². The van der Waals surface area contributed by atoms with E-state index in [0.29, 0.717) is 6.54 Å². The van der Waals surface area contributed by atoms with E-state index in [9.17, 15) is 0 Å². The average molecular weight is 273 g/mol. The first-order chi connectivity index (χ1) is 9.67. The molecule has 3 N–H and O–H groups in total. The van der Waals surface area contributed by atoms with Gasteiger partial charge in [0.25, 0.3) is 0 Å². The molecule has 0 aliphatic heterocycles. The van der Waals surface area contributed by atoms with E-state index in [1.54, 1.807) is 6.20 Å². The minimum absolute atomic E-state index is 0.0492. The molecule has 2 rings (SSSR count). The predicted molar refractivity (Wildman–Crippen MR) is 80.0 cm³/mol. The second-order valence-corrected chi connectivity index (χ2v) is 4.71. The molecule has 1 aromatic carbocycles. The van der Waals surface area contributed by atoms with Crippen molar-refractivity contribution in [3.63, 3.8) is 0 Å². The summed E-state index contributed by atoms with van der Waals surface area (Å²) in [5, 5.41) is 21.1. The molecule has 0 aliphatic rings. The van der Waals surface area contributed by atoms with Gasteiger partial charge in [-0.05, 0) is 13.0 Å². The lowest BCUT2D eigenvalue weighted by atomic mass is 10.1. The van der Waals surface area contributed by atoms with E-state index in [4.69, 9.17) is 10.9 Å². The topological polar surface area (TPSA) is 87.6 Å². The van der Waals surface area contributed by atoms with Gasteiger partial charge in [-0.25, -0.2) is 0 Å². The van der Waals surface area contributed by atoms with Crippen LogP contribution in [0.3, 0.4) is 0 Å². The predicted octanol–water partition coefficient (Wildman–Crippen LogP) is 1.84. The van der Waals surface area contributed by atoms with Crippen LogP contribution < -0.4 is 10.6 Å². The lowest BCUT2D eigenvalue weighted by molar-refractivity contribution is 0.314. The summed E-state index contributed by atoms with van der Waals surface area (Å²) in [6, 6.07) is 7.88. The number of nitrogens with two attached hydrogens (primary N) is 1. The summed E-state index contributed by atoms with van der Waals surface area (Å²) in [7, 11) is 0. The van der Waals surface area contributed by atoms with Gasteiger partial charge in [0.1, 0.15) is 5.84 Å². The Kier molecular flexibility index (Phi) is 4.34. The maximum atomic E-state index is 8.76. The van der Waals surface area contributed by atoms with E-state index in [1.807, 2.05) is 31.2 Å². The second-order valence-electron chi connectivity index (χ2n) is 4.71. The number of aromatic nitrogens is 2. The maximum Gasteiger partial charge on any atom is 0.143 e. The molecule has 0 amide bonds. The summed E-state index contributed by atoms with van der Waals surface area (Å²) >= 11 is 0. The fourth-order valence-electron chi connectivity index (χ4n) is 2.17. The van der Waals surface area contributed by atoms with Crippen molar-refractivity contribution in [3.05, 3.63) is 30.5 Å². The molecule has 6 heteroatoms. The van der Waals surface area contributed by atoms with E-state index in [-0.39, 0.29) is 11.8 Å². The van der Waals surface area contributed by atoms with Gasteiger partial charge in [0.15, 0.2) is 0 Å². The highest BCUT2D eigenvalue weighted by Gasteiger charge is 2.15. The average Bonchev–Trinajstić information content (AvgIpc) is 2.51. The largest absolute Gasteiger partial charge is 0.409 e. The summed E-state index contributed by atoms with van der Waals surface area (Å²) in [6.07, 6.45) is 1.75. The highest BCUT2D eigenvalue weighted by atomic mass is 16.4. The summed E-state index contributed by atoms with van der Waals surface area (Å²) in [5.74, 6) is 0.182. The van der Waals surface area contributed by atoms with Crippen molar-refractivity contribution in [3.8, 4) is 0 Å². The number of oxime groups is 1. The molecule has 1 atom stereocenters. The molecule has 0 aliphatic carbocycles. The molecule has 2 aromatic rings. The standard InChI is InChI=1S/C14H19N5O/c1-3-19(9-10(2)14(15)18-20)13-8-16-17-12-7-5-4-6-11(12)13/h4-8,10,20H,3,9H2,1-2H3,(H2,15,18). The van der Waals surface area contributed by atoms with Crippen molar-refractivity contribution >= 4 is 22.4 Å². The first kappa shape index (κ1) is 14.0. The molecule has 0 fully saturated rings. The van der Waals surface area contributed by atoms with Crippen LogP contribution >= 0.6 is 0 Å². The number of hydrogen-bond acceptors (Lipinski definition) is 5. The van der Waals surface area contributed by atoms with Crippen molar-refractivity contribution in [2.24, 2.45) is 16.8 Å². The molecule has 0 spiro atoms. The van der Waals surface area contributed by atoms with Crippen LogP contribution in [0.2, 0.25) is 0 Å². The van der Waals surface area contributed by atoms with Crippen LogP contribution in [0.25, 0.3) is 10.9 Å². The Bertz CT molecular complexity index is 608. The third-order valence-corrected chi connectivity index (χ3v) is 3.36. The fraction of sp³-hybridized carbons (Fsp3) is 0.357. The highest BCUT2D eigenvalue weighted by molar-refractivity contribution is 5.91. The van der Waals surface area contributed by atoms with Crippen molar-refractivity contribution in [2.45, 2.75) is 13.8 Å². The van der Waals surface area contributed by atoms with Gasteiger partial charge >= 0.3 is 0 Å². The molecule has 0 radical (unpaired) electrons. The summed E-state index contributed by atoms with van der Waals surface area (Å²) in [4.78, 5) is 2.15. The van der Waals surface area contributed by atoms with Gasteiger partial charge in [-0.3, -0.25) is 0 Å². The zero-order valence-electron chi connectivity index (χ0n) is 11.7. The lowest BCUT2D eigenvalue weighted by Gasteiger charge is -2.26. The Morgan fingerprint density at radius 3 is 2.90 bits per heavy atom. The van der Waals surface area contributed by atoms with Crippen molar-refractivity contribution in [1.29, 1.82) is 0 Å². The van der Waals surface area contributed by atoms with Gasteiger partial charge in [0, 0.05) is 24.4 Å². The molecule has 6 nitrogen and oxygen atoms in total. The van der Waals surface area contributed by atoms with E-state index in [1.165, 1.54) is 0 Å². The minimum Gasteiger partial charge on any atom is -0.409 e. The van der Waals surface area contributed by atoms with E-state index >= 15 is 0 Å². The van der Waals surface area contributed by atoms with Gasteiger partial charge in [-0.1, -0.05) is 30.3 Å². The smallest absolute Gasteiger partial charge is 0.143 e. The first-order valence-electron chi connectivity index (χ1n) is 6.60. The summed E-state index contributed by atoms with van der Waals surface area (Å²) in [6.45, 7) is 5.45. The molecule has 0 saturated carbocycles. The molecule has 1 heterocycles. The van der Waals surface area contributed by atoms with Crippen LogP contribution in [0.1, 0.15) is 13.8 Å². The van der Waals surface area contributed by atoms with E-state index in [0.717, 1.165) is 23.1 Å². The third kappa shape index (κ3) is 2.79. The zero-order valence-corrected chi connectivity index (χ0v) is 11.7. The molecular weight excluding hydrogens is 254 g/mol. The van der Waals surface area contributed by atoms with Gasteiger partial charge < -0.3 is 15.8 Å². The Balaban J connectivity index is 2.35. The Labute approximate surface area is 117 Å². The van der Waals surface area contributed by atoms with Gasteiger partial charge in [0.05, 0.1) is 17.4 Å². The third-order valence-electron chi connectivity index (χ3n) is 3.36. The SMILES string of the molecule is CCN(CC(C)C(N)=NO)c1cnnc2ccccc12. The Morgan fingerprint density at radius 2 is 2.20 bits per heavy atom. The quantitative estimate of drug-likeness (QED) is 0.375. The van der Waals surface area contributed by atoms with E-state index < -0.39 is 0 Å². The van der Waals surface area contributed by atoms with Gasteiger partial charge in [-0.2, -0.15) is 10.2 Å². The van der Waals surface area contributed by atoms with E-state index in [2.05, 4.69) is 27.2 Å². The van der Waals surface area contributed by atoms with Gasteiger partial charge in [-0.15, -0.1) is 0 Å². The number of hydrogen-bond donors (Lipinski definition) is 2.